The summed E-state index contributed by atoms with van der Waals surface area (Å²) in [6, 6.07) is 4.00. The Kier molecular flexibility index (Phi) is 9.65. The molecule has 0 saturated carbocycles. The summed E-state index contributed by atoms with van der Waals surface area (Å²) in [6.07, 6.45) is -4.69. The normalized spacial score (nSPS) is 16.9. The summed E-state index contributed by atoms with van der Waals surface area (Å²) >= 11 is 0. The second kappa shape index (κ2) is 9.85. The van der Waals surface area contributed by atoms with E-state index in [9.17, 15) is 13.2 Å². The van der Waals surface area contributed by atoms with Crippen molar-refractivity contribution in [3.8, 4) is 0 Å². The van der Waals surface area contributed by atoms with E-state index in [2.05, 4.69) is 22.3 Å². The summed E-state index contributed by atoms with van der Waals surface area (Å²) in [6.45, 7) is 9.33. The number of benzene rings is 1. The van der Waals surface area contributed by atoms with Gasteiger partial charge in [-0.25, -0.2) is 0 Å². The molecular weight excluding hydrogens is 360 g/mol. The summed E-state index contributed by atoms with van der Waals surface area (Å²) in [4.78, 5) is 2.20. The van der Waals surface area contributed by atoms with Crippen LogP contribution in [0.25, 0.3) is 0 Å². The summed E-state index contributed by atoms with van der Waals surface area (Å²) in [5.74, 6) is 0. The van der Waals surface area contributed by atoms with Crippen LogP contribution in [0.2, 0.25) is 0 Å². The Labute approximate surface area is 155 Å². The molecule has 1 N–H and O–H groups in total. The number of hydrogen-bond acceptors (Lipinski definition) is 2. The lowest BCUT2D eigenvalue weighted by molar-refractivity contribution is -0.138. The average Bonchev–Trinajstić information content (AvgIpc) is 2.41. The second-order valence-corrected chi connectivity index (χ2v) is 6.27. The molecule has 0 amide bonds. The molecule has 1 aromatic rings. The minimum Gasteiger partial charge on any atom is -0.314 e. The fraction of sp³-hybridized carbons (Fsp3) is 0.647. The van der Waals surface area contributed by atoms with E-state index in [-0.39, 0.29) is 37.3 Å². The lowest BCUT2D eigenvalue weighted by atomic mass is 9.90. The molecule has 0 aromatic heterocycles. The van der Waals surface area contributed by atoms with Crippen LogP contribution in [-0.2, 0) is 0 Å². The van der Waals surface area contributed by atoms with E-state index in [4.69, 9.17) is 0 Å². The van der Waals surface area contributed by atoms with Crippen molar-refractivity contribution < 1.29 is 13.2 Å². The van der Waals surface area contributed by atoms with Gasteiger partial charge < -0.3 is 5.32 Å². The molecule has 1 atom stereocenters. The van der Waals surface area contributed by atoms with E-state index in [1.54, 1.807) is 0 Å². The molecule has 1 saturated heterocycles. The Morgan fingerprint density at radius 2 is 1.54 bits per heavy atom. The number of hydrogen-bond donors (Lipinski definition) is 1. The first-order valence-electron chi connectivity index (χ1n) is 7.87. The van der Waals surface area contributed by atoms with E-state index < -0.39 is 12.6 Å². The maximum atomic E-state index is 12.7. The van der Waals surface area contributed by atoms with Crippen molar-refractivity contribution >= 4 is 24.8 Å². The highest BCUT2D eigenvalue weighted by atomic mass is 35.5. The third kappa shape index (κ3) is 6.43. The molecule has 24 heavy (non-hydrogen) atoms. The lowest BCUT2D eigenvalue weighted by Crippen LogP contribution is -2.45. The molecule has 0 aliphatic carbocycles. The third-order valence-electron chi connectivity index (χ3n) is 4.36. The fourth-order valence-electron chi connectivity index (χ4n) is 3.52. The predicted molar refractivity (Wildman–Crippen MR) is 97.6 cm³/mol. The Morgan fingerprint density at radius 3 is 2.00 bits per heavy atom. The predicted octanol–water partition coefficient (Wildman–Crippen LogP) is 4.74. The van der Waals surface area contributed by atoms with Gasteiger partial charge in [0.2, 0.25) is 0 Å². The van der Waals surface area contributed by atoms with Gasteiger partial charge in [0.1, 0.15) is 0 Å². The van der Waals surface area contributed by atoms with Crippen LogP contribution in [0.15, 0.2) is 12.1 Å². The number of aryl methyl sites for hydroxylation is 3. The van der Waals surface area contributed by atoms with Gasteiger partial charge in [-0.05, 0) is 43.9 Å². The molecule has 2 rings (SSSR count). The second-order valence-electron chi connectivity index (χ2n) is 6.27. The molecule has 0 unspecified atom stereocenters. The van der Waals surface area contributed by atoms with Gasteiger partial charge in [0.05, 0.1) is 0 Å². The van der Waals surface area contributed by atoms with Crippen LogP contribution < -0.4 is 5.32 Å². The molecule has 2 nitrogen and oxygen atoms in total. The first-order valence-corrected chi connectivity index (χ1v) is 7.87. The summed E-state index contributed by atoms with van der Waals surface area (Å²) in [7, 11) is 0. The minimum atomic E-state index is -4.10. The van der Waals surface area contributed by atoms with Crippen molar-refractivity contribution in [3.05, 3.63) is 34.4 Å². The smallest absolute Gasteiger partial charge is 0.314 e. The highest BCUT2D eigenvalue weighted by molar-refractivity contribution is 5.85. The van der Waals surface area contributed by atoms with Crippen LogP contribution in [-0.4, -0.2) is 37.3 Å². The molecular formula is C17H27Cl2F3N2. The van der Waals surface area contributed by atoms with Crippen LogP contribution in [0.4, 0.5) is 13.2 Å². The molecule has 1 heterocycles. The van der Waals surface area contributed by atoms with E-state index in [0.717, 1.165) is 48.4 Å². The topological polar surface area (TPSA) is 15.3 Å². The van der Waals surface area contributed by atoms with Crippen LogP contribution >= 0.6 is 24.8 Å². The van der Waals surface area contributed by atoms with Crippen molar-refractivity contribution in [2.75, 3.05) is 26.2 Å². The van der Waals surface area contributed by atoms with Gasteiger partial charge >= 0.3 is 6.18 Å². The van der Waals surface area contributed by atoms with Gasteiger partial charge in [0.15, 0.2) is 0 Å². The standard InChI is InChI=1S/C17H25F3N2.2ClH/c1-12-10-13(2)16(14(3)11-12)15(4-5-17(18,19)20)22-8-6-21-7-9-22;;/h10-11,15,21H,4-9H2,1-3H3;2*1H/t15-;;/m1../s1. The molecule has 1 aromatic carbocycles. The number of nitrogens with one attached hydrogen (secondary N) is 1. The molecule has 7 heteroatoms. The van der Waals surface area contributed by atoms with Gasteiger partial charge in [-0.2, -0.15) is 13.2 Å². The summed E-state index contributed by atoms with van der Waals surface area (Å²) in [5.41, 5.74) is 4.44. The fourth-order valence-corrected chi connectivity index (χ4v) is 3.52. The number of halogens is 5. The summed E-state index contributed by atoms with van der Waals surface area (Å²) < 4.78 is 38.2. The SMILES string of the molecule is Cc1cc(C)c([C@@H](CCC(F)(F)F)N2CCNCC2)c(C)c1.Cl.Cl. The van der Waals surface area contributed by atoms with E-state index in [0.29, 0.717) is 0 Å². The van der Waals surface area contributed by atoms with Gasteiger partial charge in [-0.15, -0.1) is 24.8 Å². The Morgan fingerprint density at radius 1 is 1.04 bits per heavy atom. The Hall–Kier alpha value is -0.490. The highest BCUT2D eigenvalue weighted by Crippen LogP contribution is 2.35. The minimum absolute atomic E-state index is 0. The zero-order valence-electron chi connectivity index (χ0n) is 14.4. The van der Waals surface area contributed by atoms with Crippen LogP contribution in [0.5, 0.6) is 0 Å². The molecule has 140 valence electrons. The monoisotopic (exact) mass is 386 g/mol. The molecule has 1 aliphatic heterocycles. The van der Waals surface area contributed by atoms with Crippen molar-refractivity contribution in [3.63, 3.8) is 0 Å². The number of nitrogens with zero attached hydrogens (tertiary/aromatic N) is 1. The van der Waals surface area contributed by atoms with Gasteiger partial charge in [-0.1, -0.05) is 17.7 Å². The van der Waals surface area contributed by atoms with Crippen molar-refractivity contribution in [1.82, 2.24) is 10.2 Å². The zero-order valence-corrected chi connectivity index (χ0v) is 16.0. The van der Waals surface area contributed by atoms with Gasteiger partial charge in [0.25, 0.3) is 0 Å². The molecule has 0 bridgehead atoms. The number of rotatable bonds is 4. The first kappa shape index (κ1) is 23.5. The van der Waals surface area contributed by atoms with Crippen LogP contribution in [0, 0.1) is 20.8 Å². The summed E-state index contributed by atoms with van der Waals surface area (Å²) in [5, 5.41) is 3.27. The Balaban J connectivity index is 0.00000264. The third-order valence-corrected chi connectivity index (χ3v) is 4.36. The molecule has 1 aliphatic rings. The maximum absolute atomic E-state index is 12.7. The first-order chi connectivity index (χ1) is 10.3. The van der Waals surface area contributed by atoms with Crippen molar-refractivity contribution in [1.29, 1.82) is 0 Å². The molecule has 0 radical (unpaired) electrons. The lowest BCUT2D eigenvalue weighted by Gasteiger charge is -2.37. The van der Waals surface area contributed by atoms with Crippen LogP contribution in [0.1, 0.15) is 41.1 Å². The van der Waals surface area contributed by atoms with E-state index >= 15 is 0 Å². The van der Waals surface area contributed by atoms with Crippen molar-refractivity contribution in [2.45, 2.75) is 45.8 Å². The van der Waals surface area contributed by atoms with Crippen molar-refractivity contribution in [2.24, 2.45) is 0 Å². The maximum Gasteiger partial charge on any atom is 0.389 e. The van der Waals surface area contributed by atoms with Gasteiger partial charge in [0, 0.05) is 38.6 Å². The Bertz CT molecular complexity index is 492. The highest BCUT2D eigenvalue weighted by Gasteiger charge is 2.32. The molecule has 1 fully saturated rings. The van der Waals surface area contributed by atoms with E-state index in [1.807, 2.05) is 20.8 Å². The van der Waals surface area contributed by atoms with E-state index in [1.165, 1.54) is 0 Å². The van der Waals surface area contributed by atoms with Crippen LogP contribution in [0.3, 0.4) is 0 Å². The quantitative estimate of drug-likeness (QED) is 0.803. The molecule has 0 spiro atoms. The average molecular weight is 387 g/mol. The van der Waals surface area contributed by atoms with Gasteiger partial charge in [-0.3, -0.25) is 4.90 Å². The number of piperazine rings is 1. The largest absolute Gasteiger partial charge is 0.389 e. The number of alkyl halides is 3. The zero-order chi connectivity index (χ0) is 16.3.